The van der Waals surface area contributed by atoms with Crippen LogP contribution in [-0.4, -0.2) is 35.6 Å². The highest BCUT2D eigenvalue weighted by Gasteiger charge is 2.31. The van der Waals surface area contributed by atoms with Gasteiger partial charge in [-0.3, -0.25) is 4.90 Å². The summed E-state index contributed by atoms with van der Waals surface area (Å²) in [5.41, 5.74) is 8.31. The molecule has 1 aromatic carbocycles. The van der Waals surface area contributed by atoms with Gasteiger partial charge in [-0.15, -0.1) is 0 Å². The lowest BCUT2D eigenvalue weighted by Gasteiger charge is -2.40. The number of nitrogens with one attached hydrogen (secondary N) is 1. The zero-order chi connectivity index (χ0) is 15.5. The number of hydrogen-bond donors (Lipinski definition) is 2. The molecule has 0 bridgehead atoms. The molecule has 4 heteroatoms. The molecule has 3 N–H and O–H groups in total. The molecular weight excluding hydrogens is 277 g/mol. The number of likely N-dealkylation sites (tertiary alicyclic amines) is 1. The van der Waals surface area contributed by atoms with Crippen LogP contribution in [0.4, 0.5) is 4.39 Å². The molecule has 1 saturated heterocycles. The van der Waals surface area contributed by atoms with Gasteiger partial charge in [0.05, 0.1) is 0 Å². The predicted molar refractivity (Wildman–Crippen MR) is 89.6 cm³/mol. The molecule has 2 heterocycles. The zero-order valence-electron chi connectivity index (χ0n) is 13.3. The monoisotopic (exact) mass is 303 g/mol. The summed E-state index contributed by atoms with van der Waals surface area (Å²) < 4.78 is 13.6. The lowest BCUT2D eigenvalue weighted by molar-refractivity contribution is 0.127. The first-order valence-electron chi connectivity index (χ1n) is 8.45. The molecule has 120 valence electrons. The topological polar surface area (TPSA) is 45.0 Å². The van der Waals surface area contributed by atoms with Crippen LogP contribution in [0.5, 0.6) is 0 Å². The molecule has 22 heavy (non-hydrogen) atoms. The fourth-order valence-electron chi connectivity index (χ4n) is 3.95. The second-order valence-electron chi connectivity index (χ2n) is 6.38. The molecule has 0 aliphatic carbocycles. The zero-order valence-corrected chi connectivity index (χ0v) is 13.3. The number of fused-ring (bicyclic) bond motifs is 1. The van der Waals surface area contributed by atoms with Gasteiger partial charge in [0.15, 0.2) is 0 Å². The standard InChI is InChI=1S/C18H26FN3/c1-2-8-22-9-4-3-5-18(22)15(11-20)16-12-21-17-7-6-13(19)10-14(16)17/h6-7,10,12,15,18,21H,2-5,8-9,11,20H2,1H3. The van der Waals surface area contributed by atoms with Gasteiger partial charge in [0, 0.05) is 35.6 Å². The van der Waals surface area contributed by atoms with Crippen molar-refractivity contribution in [3.63, 3.8) is 0 Å². The highest BCUT2D eigenvalue weighted by Crippen LogP contribution is 2.34. The van der Waals surface area contributed by atoms with Gasteiger partial charge in [-0.05, 0) is 56.1 Å². The number of nitrogens with zero attached hydrogens (tertiary/aromatic N) is 1. The van der Waals surface area contributed by atoms with Crippen LogP contribution in [0.15, 0.2) is 24.4 Å². The van der Waals surface area contributed by atoms with Gasteiger partial charge in [-0.2, -0.15) is 0 Å². The maximum absolute atomic E-state index is 13.6. The van der Waals surface area contributed by atoms with Crippen molar-refractivity contribution in [1.82, 2.24) is 9.88 Å². The van der Waals surface area contributed by atoms with Crippen molar-refractivity contribution in [2.24, 2.45) is 5.73 Å². The van der Waals surface area contributed by atoms with Crippen LogP contribution in [0.2, 0.25) is 0 Å². The van der Waals surface area contributed by atoms with Gasteiger partial charge in [0.1, 0.15) is 5.82 Å². The molecule has 2 atom stereocenters. The molecular formula is C18H26FN3. The number of hydrogen-bond acceptors (Lipinski definition) is 2. The molecule has 0 radical (unpaired) electrons. The Kier molecular flexibility index (Phi) is 4.79. The molecule has 2 aromatic rings. The Balaban J connectivity index is 1.96. The molecule has 3 rings (SSSR count). The molecule has 2 unspecified atom stereocenters. The van der Waals surface area contributed by atoms with Gasteiger partial charge in [0.2, 0.25) is 0 Å². The summed E-state index contributed by atoms with van der Waals surface area (Å²) in [5, 5.41) is 0.984. The van der Waals surface area contributed by atoms with Crippen molar-refractivity contribution in [3.8, 4) is 0 Å². The molecule has 1 aliphatic rings. The van der Waals surface area contributed by atoms with Crippen LogP contribution in [-0.2, 0) is 0 Å². The summed E-state index contributed by atoms with van der Waals surface area (Å²) in [6, 6.07) is 5.42. The molecule has 0 saturated carbocycles. The maximum atomic E-state index is 13.6. The highest BCUT2D eigenvalue weighted by atomic mass is 19.1. The van der Waals surface area contributed by atoms with E-state index in [1.165, 1.54) is 30.9 Å². The first kappa shape index (κ1) is 15.5. The van der Waals surface area contributed by atoms with E-state index in [2.05, 4.69) is 16.8 Å². The third kappa shape index (κ3) is 2.90. The van der Waals surface area contributed by atoms with E-state index in [1.807, 2.05) is 12.3 Å². The average Bonchev–Trinajstić information content (AvgIpc) is 2.93. The molecule has 3 nitrogen and oxygen atoms in total. The van der Waals surface area contributed by atoms with Gasteiger partial charge in [-0.1, -0.05) is 13.3 Å². The van der Waals surface area contributed by atoms with Crippen molar-refractivity contribution in [3.05, 3.63) is 35.8 Å². The molecule has 0 amide bonds. The van der Waals surface area contributed by atoms with E-state index >= 15 is 0 Å². The van der Waals surface area contributed by atoms with E-state index in [0.29, 0.717) is 12.6 Å². The van der Waals surface area contributed by atoms with Crippen molar-refractivity contribution in [2.75, 3.05) is 19.6 Å². The lowest BCUT2D eigenvalue weighted by atomic mass is 9.85. The molecule has 1 aromatic heterocycles. The van der Waals surface area contributed by atoms with Crippen LogP contribution in [0.3, 0.4) is 0 Å². The first-order chi connectivity index (χ1) is 10.7. The summed E-state index contributed by atoms with van der Waals surface area (Å²) in [7, 11) is 0. The summed E-state index contributed by atoms with van der Waals surface area (Å²) in [5.74, 6) is 0.0839. The minimum atomic E-state index is -0.182. The number of rotatable bonds is 5. The van der Waals surface area contributed by atoms with E-state index in [4.69, 9.17) is 5.73 Å². The van der Waals surface area contributed by atoms with Crippen molar-refractivity contribution in [1.29, 1.82) is 0 Å². The Labute approximate surface area is 131 Å². The van der Waals surface area contributed by atoms with Crippen LogP contribution >= 0.6 is 0 Å². The Morgan fingerprint density at radius 2 is 2.27 bits per heavy atom. The van der Waals surface area contributed by atoms with E-state index in [-0.39, 0.29) is 11.7 Å². The SMILES string of the molecule is CCCN1CCCCC1C(CN)c1c[nH]c2ccc(F)cc12. The van der Waals surface area contributed by atoms with Crippen LogP contribution in [0.25, 0.3) is 10.9 Å². The largest absolute Gasteiger partial charge is 0.361 e. The summed E-state index contributed by atoms with van der Waals surface area (Å²) >= 11 is 0. The van der Waals surface area contributed by atoms with E-state index in [1.54, 1.807) is 6.07 Å². The number of H-pyrrole nitrogens is 1. The number of piperidine rings is 1. The predicted octanol–water partition coefficient (Wildman–Crippen LogP) is 3.61. The smallest absolute Gasteiger partial charge is 0.123 e. The van der Waals surface area contributed by atoms with Crippen LogP contribution in [0, 0.1) is 5.82 Å². The Hall–Kier alpha value is -1.39. The van der Waals surface area contributed by atoms with E-state index < -0.39 is 0 Å². The number of benzene rings is 1. The quantitative estimate of drug-likeness (QED) is 0.886. The van der Waals surface area contributed by atoms with Gasteiger partial charge in [-0.25, -0.2) is 4.39 Å². The fourth-order valence-corrected chi connectivity index (χ4v) is 3.95. The minimum Gasteiger partial charge on any atom is -0.361 e. The Morgan fingerprint density at radius 1 is 1.41 bits per heavy atom. The van der Waals surface area contributed by atoms with Crippen LogP contribution in [0.1, 0.15) is 44.1 Å². The number of halogens is 1. The molecule has 0 spiro atoms. The summed E-state index contributed by atoms with van der Waals surface area (Å²) in [4.78, 5) is 5.86. The van der Waals surface area contributed by atoms with Gasteiger partial charge in [0.25, 0.3) is 0 Å². The number of nitrogens with two attached hydrogens (primary N) is 1. The van der Waals surface area contributed by atoms with Crippen molar-refractivity contribution < 1.29 is 4.39 Å². The van der Waals surface area contributed by atoms with Gasteiger partial charge >= 0.3 is 0 Å². The van der Waals surface area contributed by atoms with E-state index in [9.17, 15) is 4.39 Å². The normalized spacial score (nSPS) is 21.3. The summed E-state index contributed by atoms with van der Waals surface area (Å²) in [6.07, 6.45) is 6.91. The maximum Gasteiger partial charge on any atom is 0.123 e. The lowest BCUT2D eigenvalue weighted by Crippen LogP contribution is -2.45. The van der Waals surface area contributed by atoms with Crippen LogP contribution < -0.4 is 5.73 Å². The third-order valence-corrected chi connectivity index (χ3v) is 4.97. The average molecular weight is 303 g/mol. The van der Waals surface area contributed by atoms with E-state index in [0.717, 1.165) is 30.4 Å². The van der Waals surface area contributed by atoms with Crippen molar-refractivity contribution >= 4 is 10.9 Å². The Morgan fingerprint density at radius 3 is 3.05 bits per heavy atom. The minimum absolute atomic E-state index is 0.182. The summed E-state index contributed by atoms with van der Waals surface area (Å²) in [6.45, 7) is 5.11. The second kappa shape index (κ2) is 6.80. The number of aromatic nitrogens is 1. The fraction of sp³-hybridized carbons (Fsp3) is 0.556. The van der Waals surface area contributed by atoms with Crippen molar-refractivity contribution in [2.45, 2.75) is 44.6 Å². The highest BCUT2D eigenvalue weighted by molar-refractivity contribution is 5.83. The third-order valence-electron chi connectivity index (χ3n) is 4.97. The molecule has 1 aliphatic heterocycles. The second-order valence-corrected chi connectivity index (χ2v) is 6.38. The molecule has 1 fully saturated rings. The number of aromatic amines is 1. The first-order valence-corrected chi connectivity index (χ1v) is 8.45. The van der Waals surface area contributed by atoms with Gasteiger partial charge < -0.3 is 10.7 Å². The Bertz CT molecular complexity index is 620.